The van der Waals surface area contributed by atoms with Gasteiger partial charge in [-0.1, -0.05) is 0 Å². The number of aromatic nitrogens is 3. The van der Waals surface area contributed by atoms with Crippen LogP contribution < -0.4 is 0 Å². The highest BCUT2D eigenvalue weighted by Gasteiger charge is 2.08. The van der Waals surface area contributed by atoms with E-state index in [-0.39, 0.29) is 0 Å². The van der Waals surface area contributed by atoms with Crippen LogP contribution in [0.15, 0.2) is 18.5 Å². The third-order valence-corrected chi connectivity index (χ3v) is 3.10. The zero-order chi connectivity index (χ0) is 10.7. The molecule has 0 aliphatic carbocycles. The van der Waals surface area contributed by atoms with Crippen LogP contribution in [-0.2, 0) is 12.4 Å². The first-order chi connectivity index (χ1) is 7.36. The number of pyridine rings is 1. The zero-order valence-corrected chi connectivity index (χ0v) is 10.1. The van der Waals surface area contributed by atoms with Gasteiger partial charge in [-0.15, -0.1) is 11.6 Å². The van der Waals surface area contributed by atoms with Gasteiger partial charge in [0.1, 0.15) is 11.3 Å². The molecule has 3 nitrogen and oxygen atoms in total. The van der Waals surface area contributed by atoms with E-state index in [1.807, 2.05) is 17.8 Å². The molecule has 0 atom stereocenters. The highest BCUT2D eigenvalue weighted by atomic mass is 35.5. The third kappa shape index (κ3) is 2.11. The van der Waals surface area contributed by atoms with Crippen molar-refractivity contribution in [2.45, 2.75) is 12.4 Å². The lowest BCUT2D eigenvalue weighted by Crippen LogP contribution is -2.04. The Kier molecular flexibility index (Phi) is 3.49. The molecule has 0 unspecified atom stereocenters. The zero-order valence-electron chi connectivity index (χ0n) is 8.48. The van der Waals surface area contributed by atoms with E-state index in [0.29, 0.717) is 5.88 Å². The third-order valence-electron chi connectivity index (χ3n) is 2.27. The lowest BCUT2D eigenvalue weighted by Gasteiger charge is -2.05. The Balaban J connectivity index is 2.47. The minimum absolute atomic E-state index is 0.447. The second-order valence-electron chi connectivity index (χ2n) is 3.17. The van der Waals surface area contributed by atoms with Crippen molar-refractivity contribution in [3.05, 3.63) is 24.3 Å². The fourth-order valence-electron chi connectivity index (χ4n) is 1.57. The van der Waals surface area contributed by atoms with Crippen LogP contribution in [0.1, 0.15) is 5.82 Å². The molecule has 0 spiro atoms. The summed E-state index contributed by atoms with van der Waals surface area (Å²) < 4.78 is 2.17. The summed E-state index contributed by atoms with van der Waals surface area (Å²) in [4.78, 5) is 8.50. The van der Waals surface area contributed by atoms with Gasteiger partial charge in [0, 0.05) is 18.5 Å². The maximum Gasteiger partial charge on any atom is 0.124 e. The number of halogens is 1. The molecule has 2 aromatic rings. The van der Waals surface area contributed by atoms with Crippen molar-refractivity contribution in [3.63, 3.8) is 0 Å². The molecule has 0 aromatic carbocycles. The van der Waals surface area contributed by atoms with E-state index >= 15 is 0 Å². The Labute approximate surface area is 97.9 Å². The maximum atomic E-state index is 5.87. The number of imidazole rings is 1. The molecule has 0 aliphatic rings. The van der Waals surface area contributed by atoms with Gasteiger partial charge in [0.25, 0.3) is 0 Å². The Morgan fingerprint density at radius 2 is 2.40 bits per heavy atom. The normalized spacial score (nSPS) is 11.1. The lowest BCUT2D eigenvalue weighted by atomic mass is 10.4. The number of aryl methyl sites for hydroxylation is 1. The van der Waals surface area contributed by atoms with E-state index in [1.165, 1.54) is 0 Å². The van der Waals surface area contributed by atoms with Crippen molar-refractivity contribution in [1.29, 1.82) is 0 Å². The molecular weight excluding hydrogens is 230 g/mol. The predicted molar refractivity (Wildman–Crippen MR) is 65.5 cm³/mol. The van der Waals surface area contributed by atoms with Gasteiger partial charge in [0.05, 0.1) is 17.6 Å². The molecule has 0 amide bonds. The van der Waals surface area contributed by atoms with Gasteiger partial charge in [-0.3, -0.25) is 4.98 Å². The topological polar surface area (TPSA) is 30.7 Å². The van der Waals surface area contributed by atoms with E-state index in [1.54, 1.807) is 12.4 Å². The standard InChI is InChI=1S/C10H12ClN3S/c1-15-5-4-14-9-2-3-12-7-8(9)13-10(14)6-11/h2-3,7H,4-6H2,1H3. The number of alkyl halides is 1. The quantitative estimate of drug-likeness (QED) is 0.771. The highest BCUT2D eigenvalue weighted by molar-refractivity contribution is 7.98. The van der Waals surface area contributed by atoms with Crippen LogP contribution in [0.25, 0.3) is 11.0 Å². The first-order valence-corrected chi connectivity index (χ1v) is 6.63. The van der Waals surface area contributed by atoms with E-state index in [9.17, 15) is 0 Å². The van der Waals surface area contributed by atoms with Crippen LogP contribution >= 0.6 is 23.4 Å². The van der Waals surface area contributed by atoms with Crippen molar-refractivity contribution in [2.75, 3.05) is 12.0 Å². The molecule has 0 saturated carbocycles. The molecular formula is C10H12ClN3S. The van der Waals surface area contributed by atoms with Gasteiger partial charge in [-0.05, 0) is 12.3 Å². The molecule has 0 radical (unpaired) electrons. The largest absolute Gasteiger partial charge is 0.326 e. The molecule has 0 saturated heterocycles. The van der Waals surface area contributed by atoms with E-state index in [2.05, 4.69) is 20.8 Å². The van der Waals surface area contributed by atoms with E-state index in [0.717, 1.165) is 29.2 Å². The van der Waals surface area contributed by atoms with Crippen molar-refractivity contribution in [3.8, 4) is 0 Å². The molecule has 15 heavy (non-hydrogen) atoms. The molecule has 80 valence electrons. The fourth-order valence-corrected chi connectivity index (χ4v) is 2.13. The van der Waals surface area contributed by atoms with Gasteiger partial charge in [-0.25, -0.2) is 4.98 Å². The van der Waals surface area contributed by atoms with Gasteiger partial charge < -0.3 is 4.57 Å². The molecule has 2 aromatic heterocycles. The highest BCUT2D eigenvalue weighted by Crippen LogP contribution is 2.16. The van der Waals surface area contributed by atoms with Gasteiger partial charge in [-0.2, -0.15) is 11.8 Å². The molecule has 0 fully saturated rings. The van der Waals surface area contributed by atoms with Crippen LogP contribution in [0.3, 0.4) is 0 Å². The lowest BCUT2D eigenvalue weighted by molar-refractivity contribution is 0.755. The monoisotopic (exact) mass is 241 g/mol. The number of fused-ring (bicyclic) bond motifs is 1. The Morgan fingerprint density at radius 1 is 1.53 bits per heavy atom. The van der Waals surface area contributed by atoms with E-state index in [4.69, 9.17) is 11.6 Å². The van der Waals surface area contributed by atoms with Gasteiger partial charge >= 0.3 is 0 Å². The number of hydrogen-bond donors (Lipinski definition) is 0. The maximum absolute atomic E-state index is 5.87. The molecule has 5 heteroatoms. The summed E-state index contributed by atoms with van der Waals surface area (Å²) in [5.74, 6) is 2.44. The first kappa shape index (κ1) is 10.8. The van der Waals surface area contributed by atoms with Crippen LogP contribution in [0.5, 0.6) is 0 Å². The summed E-state index contributed by atoms with van der Waals surface area (Å²) in [6, 6.07) is 1.98. The predicted octanol–water partition coefficient (Wildman–Crippen LogP) is 2.53. The summed E-state index contributed by atoms with van der Waals surface area (Å²) >= 11 is 7.69. The van der Waals surface area contributed by atoms with Crippen molar-refractivity contribution in [1.82, 2.24) is 14.5 Å². The first-order valence-electron chi connectivity index (χ1n) is 4.71. The summed E-state index contributed by atoms with van der Waals surface area (Å²) in [6.45, 7) is 0.948. The number of thioether (sulfide) groups is 1. The van der Waals surface area contributed by atoms with Crippen molar-refractivity contribution < 1.29 is 0 Å². The van der Waals surface area contributed by atoms with Crippen LogP contribution in [0.4, 0.5) is 0 Å². The molecule has 0 bridgehead atoms. The molecule has 0 aliphatic heterocycles. The summed E-state index contributed by atoms with van der Waals surface area (Å²) in [5.41, 5.74) is 2.05. The van der Waals surface area contributed by atoms with Gasteiger partial charge in [0.15, 0.2) is 0 Å². The van der Waals surface area contributed by atoms with Crippen LogP contribution in [0.2, 0.25) is 0 Å². The second kappa shape index (κ2) is 4.86. The van der Waals surface area contributed by atoms with E-state index < -0.39 is 0 Å². The number of rotatable bonds is 4. The minimum atomic E-state index is 0.447. The average Bonchev–Trinajstić information content (AvgIpc) is 2.64. The number of nitrogens with zero attached hydrogens (tertiary/aromatic N) is 3. The Bertz CT molecular complexity index is 455. The van der Waals surface area contributed by atoms with Crippen LogP contribution in [-0.4, -0.2) is 26.5 Å². The van der Waals surface area contributed by atoms with Crippen molar-refractivity contribution >= 4 is 34.4 Å². The number of hydrogen-bond acceptors (Lipinski definition) is 3. The SMILES string of the molecule is CSCCn1c(CCl)nc2cnccc21. The minimum Gasteiger partial charge on any atom is -0.326 e. The molecule has 2 heterocycles. The Hall–Kier alpha value is -0.740. The van der Waals surface area contributed by atoms with Gasteiger partial charge in [0.2, 0.25) is 0 Å². The smallest absolute Gasteiger partial charge is 0.124 e. The summed E-state index contributed by atoms with van der Waals surface area (Å²) in [6.07, 6.45) is 5.67. The van der Waals surface area contributed by atoms with Crippen molar-refractivity contribution in [2.24, 2.45) is 0 Å². The molecule has 0 N–H and O–H groups in total. The summed E-state index contributed by atoms with van der Waals surface area (Å²) in [7, 11) is 0. The molecule has 2 rings (SSSR count). The summed E-state index contributed by atoms with van der Waals surface area (Å²) in [5, 5.41) is 0. The fraction of sp³-hybridized carbons (Fsp3) is 0.400. The van der Waals surface area contributed by atoms with Crippen LogP contribution in [0, 0.1) is 0 Å². The Morgan fingerprint density at radius 3 is 3.13 bits per heavy atom. The average molecular weight is 242 g/mol. The second-order valence-corrected chi connectivity index (χ2v) is 4.42.